The van der Waals surface area contributed by atoms with E-state index in [2.05, 4.69) is 43.7 Å². The molecule has 0 aromatic rings. The number of esters is 2. The Morgan fingerprint density at radius 2 is 1.10 bits per heavy atom. The van der Waals surface area contributed by atoms with E-state index < -0.39 is 0 Å². The number of hydrogen-bond donors (Lipinski definition) is 0. The highest BCUT2D eigenvalue weighted by atomic mass is 16.5. The summed E-state index contributed by atoms with van der Waals surface area (Å²) in [6.45, 7) is 15.2. The van der Waals surface area contributed by atoms with Crippen LogP contribution in [0.3, 0.4) is 0 Å². The van der Waals surface area contributed by atoms with Crippen LogP contribution in [0.1, 0.15) is 207 Å². The number of unbranched alkanes of at least 4 members (excludes halogenated alkanes) is 16. The first-order valence-corrected chi connectivity index (χ1v) is 22.1. The first kappa shape index (κ1) is 47.2. The Hall–Kier alpha value is -1.80. The molecule has 0 aromatic carbocycles. The van der Waals surface area contributed by atoms with Crippen LogP contribution in [0.15, 0.2) is 24.1 Å². The number of carbonyl (C=O) groups excluding carboxylic acids is 2. The van der Waals surface area contributed by atoms with Crippen LogP contribution in [-0.2, 0) is 19.1 Å². The first-order chi connectivity index (χ1) is 25.0. The number of carbonyl (C=O) groups is 2. The van der Waals surface area contributed by atoms with Gasteiger partial charge in [-0.05, 0) is 88.6 Å². The fraction of sp³-hybridized carbons (Fsp3) is 0.870. The van der Waals surface area contributed by atoms with Crippen LogP contribution in [-0.4, -0.2) is 49.7 Å². The van der Waals surface area contributed by atoms with Crippen molar-refractivity contribution >= 4 is 11.9 Å². The van der Waals surface area contributed by atoms with Gasteiger partial charge in [0.1, 0.15) is 0 Å². The maximum absolute atomic E-state index is 12.3. The van der Waals surface area contributed by atoms with Crippen molar-refractivity contribution in [3.05, 3.63) is 24.1 Å². The molecule has 1 fully saturated rings. The molecule has 0 amide bonds. The van der Waals surface area contributed by atoms with E-state index in [-0.39, 0.29) is 17.9 Å². The van der Waals surface area contributed by atoms with Crippen molar-refractivity contribution in [1.82, 2.24) is 4.90 Å². The third-order valence-corrected chi connectivity index (χ3v) is 10.9. The Bertz CT molecular complexity index is 899. The van der Waals surface area contributed by atoms with Crippen molar-refractivity contribution in [3.8, 4) is 0 Å². The van der Waals surface area contributed by atoms with Crippen molar-refractivity contribution in [1.29, 1.82) is 0 Å². The third-order valence-electron chi connectivity index (χ3n) is 10.9. The lowest BCUT2D eigenvalue weighted by atomic mass is 9.91. The first-order valence-electron chi connectivity index (χ1n) is 22.1. The van der Waals surface area contributed by atoms with Crippen molar-refractivity contribution in [2.24, 2.45) is 17.8 Å². The summed E-state index contributed by atoms with van der Waals surface area (Å²) in [5, 5.41) is 0. The summed E-state index contributed by atoms with van der Waals surface area (Å²) in [6, 6.07) is 0. The van der Waals surface area contributed by atoms with Crippen LogP contribution in [0.5, 0.6) is 0 Å². The Kier molecular flexibility index (Phi) is 32.6. The minimum absolute atomic E-state index is 0.00388. The Morgan fingerprint density at radius 1 is 0.627 bits per heavy atom. The quantitative estimate of drug-likeness (QED) is 0.0367. The Morgan fingerprint density at radius 3 is 1.61 bits per heavy atom. The maximum Gasteiger partial charge on any atom is 0.306 e. The predicted octanol–water partition coefficient (Wildman–Crippen LogP) is 13.1. The van der Waals surface area contributed by atoms with Crippen LogP contribution in [0.4, 0.5) is 0 Å². The fourth-order valence-electron chi connectivity index (χ4n) is 7.53. The number of ether oxygens (including phenoxy) is 2. The lowest BCUT2D eigenvalue weighted by Crippen LogP contribution is -2.22. The molecule has 0 bridgehead atoms. The van der Waals surface area contributed by atoms with Gasteiger partial charge in [0.2, 0.25) is 0 Å². The highest BCUT2D eigenvalue weighted by Gasteiger charge is 2.15. The summed E-state index contributed by atoms with van der Waals surface area (Å²) in [5.74, 6) is 1.45. The summed E-state index contributed by atoms with van der Waals surface area (Å²) in [5.41, 5.74) is 5.58. The van der Waals surface area contributed by atoms with E-state index in [0.29, 0.717) is 32.0 Å². The molecular weight excluding hydrogens is 631 g/mol. The van der Waals surface area contributed by atoms with Crippen LogP contribution >= 0.6 is 0 Å². The zero-order valence-electron chi connectivity index (χ0n) is 34.1. The predicted molar refractivity (Wildman–Crippen MR) is 217 cm³/mol. The summed E-state index contributed by atoms with van der Waals surface area (Å²) in [6.07, 6.45) is 37.2. The SMILES string of the molecule is C=C=C=CC(CCCC)CC(=O)OCCCCCCCCCCC(CCCCCCCCCCOC(=O)CC(C)CCCC)CCN1CCCC1. The smallest absolute Gasteiger partial charge is 0.306 e. The Balaban J connectivity index is 2.07. The molecule has 0 saturated carbocycles. The van der Waals surface area contributed by atoms with Gasteiger partial charge in [-0.25, -0.2) is 0 Å². The van der Waals surface area contributed by atoms with Crippen LogP contribution < -0.4 is 0 Å². The summed E-state index contributed by atoms with van der Waals surface area (Å²) in [4.78, 5) is 26.9. The van der Waals surface area contributed by atoms with Crippen LogP contribution in [0, 0.1) is 17.8 Å². The molecule has 1 aliphatic heterocycles. The fourth-order valence-corrected chi connectivity index (χ4v) is 7.53. The molecular formula is C46H83NO4. The van der Waals surface area contributed by atoms with Crippen molar-refractivity contribution in [2.75, 3.05) is 32.8 Å². The van der Waals surface area contributed by atoms with Gasteiger partial charge in [0.15, 0.2) is 0 Å². The standard InChI is InChI=1S/C46H83NO4/c1-5-8-29-42(4)40-45(48)50-38-27-21-17-13-11-15-19-23-32-43(34-37-47-35-25-26-36-47)33-24-20-16-12-14-18-22-28-39-51-46(49)41-44(30-9-6-2)31-10-7-3/h30,42-44H,2,5,7-8,10-29,31-41H2,1,3-4H3. The van der Waals surface area contributed by atoms with E-state index in [1.807, 2.05) is 6.08 Å². The van der Waals surface area contributed by atoms with Gasteiger partial charge in [-0.3, -0.25) is 9.59 Å². The lowest BCUT2D eigenvalue weighted by Gasteiger charge is -2.21. The van der Waals surface area contributed by atoms with Crippen LogP contribution in [0.25, 0.3) is 0 Å². The number of hydrogen-bond acceptors (Lipinski definition) is 5. The largest absolute Gasteiger partial charge is 0.466 e. The summed E-state index contributed by atoms with van der Waals surface area (Å²) < 4.78 is 11.0. The van der Waals surface area contributed by atoms with Gasteiger partial charge < -0.3 is 14.4 Å². The van der Waals surface area contributed by atoms with E-state index in [9.17, 15) is 9.59 Å². The minimum Gasteiger partial charge on any atom is -0.466 e. The van der Waals surface area contributed by atoms with E-state index in [0.717, 1.165) is 50.9 Å². The molecule has 0 aliphatic carbocycles. The second-order valence-corrected chi connectivity index (χ2v) is 15.9. The average Bonchev–Trinajstić information content (AvgIpc) is 3.65. The molecule has 296 valence electrons. The van der Waals surface area contributed by atoms with E-state index >= 15 is 0 Å². The molecule has 51 heavy (non-hydrogen) atoms. The van der Waals surface area contributed by atoms with Gasteiger partial charge in [0.05, 0.1) is 19.6 Å². The highest BCUT2D eigenvalue weighted by molar-refractivity contribution is 5.70. The van der Waals surface area contributed by atoms with Crippen LogP contribution in [0.2, 0.25) is 0 Å². The van der Waals surface area contributed by atoms with E-state index in [1.165, 1.54) is 148 Å². The second-order valence-electron chi connectivity index (χ2n) is 15.9. The summed E-state index contributed by atoms with van der Waals surface area (Å²) >= 11 is 0. The molecule has 1 aliphatic rings. The van der Waals surface area contributed by atoms with E-state index in [1.54, 1.807) is 0 Å². The van der Waals surface area contributed by atoms with Gasteiger partial charge >= 0.3 is 11.9 Å². The molecule has 3 unspecified atom stereocenters. The monoisotopic (exact) mass is 714 g/mol. The maximum atomic E-state index is 12.3. The van der Waals surface area contributed by atoms with Crippen molar-refractivity contribution < 1.29 is 19.1 Å². The topological polar surface area (TPSA) is 55.8 Å². The number of nitrogens with zero attached hydrogens (tertiary/aromatic N) is 1. The molecule has 5 heteroatoms. The molecule has 0 spiro atoms. The average molecular weight is 714 g/mol. The second kappa shape index (κ2) is 35.2. The molecule has 0 N–H and O–H groups in total. The van der Waals surface area contributed by atoms with Gasteiger partial charge in [-0.1, -0.05) is 167 Å². The third kappa shape index (κ3) is 30.4. The van der Waals surface area contributed by atoms with Gasteiger partial charge in [-0.15, -0.1) is 0 Å². The number of allylic oxidation sites excluding steroid dienone is 1. The number of rotatable bonds is 36. The van der Waals surface area contributed by atoms with Crippen molar-refractivity contribution in [2.45, 2.75) is 207 Å². The molecule has 1 heterocycles. The molecule has 0 aromatic heterocycles. The van der Waals surface area contributed by atoms with Crippen molar-refractivity contribution in [3.63, 3.8) is 0 Å². The van der Waals surface area contributed by atoms with Gasteiger partial charge in [0.25, 0.3) is 0 Å². The zero-order chi connectivity index (χ0) is 37.0. The normalized spacial score (nSPS) is 14.8. The zero-order valence-corrected chi connectivity index (χ0v) is 34.1. The highest BCUT2D eigenvalue weighted by Crippen LogP contribution is 2.24. The van der Waals surface area contributed by atoms with Gasteiger partial charge in [-0.2, -0.15) is 0 Å². The molecule has 5 nitrogen and oxygen atoms in total. The number of likely N-dealkylation sites (tertiary alicyclic amines) is 1. The molecule has 1 saturated heterocycles. The molecule has 3 atom stereocenters. The molecule has 0 radical (unpaired) electrons. The summed E-state index contributed by atoms with van der Waals surface area (Å²) in [7, 11) is 0. The van der Waals surface area contributed by atoms with Gasteiger partial charge in [0, 0.05) is 6.42 Å². The van der Waals surface area contributed by atoms with E-state index in [4.69, 9.17) is 9.47 Å². The molecule has 1 rings (SSSR count). The Labute approximate surface area is 316 Å². The minimum atomic E-state index is -0.0843. The lowest BCUT2D eigenvalue weighted by molar-refractivity contribution is -0.145.